The third kappa shape index (κ3) is 4.21. The first-order valence-electron chi connectivity index (χ1n) is 5.07. The number of nitrogens with zero attached hydrogens (tertiary/aromatic N) is 1. The van der Waals surface area contributed by atoms with Gasteiger partial charge in [-0.3, -0.25) is 0 Å². The van der Waals surface area contributed by atoms with Gasteiger partial charge in [0.1, 0.15) is 18.4 Å². The van der Waals surface area contributed by atoms with E-state index in [1.807, 2.05) is 19.9 Å². The van der Waals surface area contributed by atoms with Crippen LogP contribution < -0.4 is 4.74 Å². The minimum atomic E-state index is 0.198. The Morgan fingerprint density at radius 1 is 1.38 bits per heavy atom. The summed E-state index contributed by atoms with van der Waals surface area (Å²) in [6.45, 7) is 4.92. The minimum Gasteiger partial charge on any atom is -0.490 e. The molecule has 86 valence electrons. The first kappa shape index (κ1) is 13.0. The molecule has 0 aliphatic heterocycles. The number of hydrogen-bond acceptors (Lipinski definition) is 3. The fraction of sp³-hybridized carbons (Fsp3) is 0.417. The van der Waals surface area contributed by atoms with E-state index < -0.39 is 0 Å². The summed E-state index contributed by atoms with van der Waals surface area (Å²) in [5.41, 5.74) is 0.527. The third-order valence-corrected chi connectivity index (χ3v) is 2.35. The Morgan fingerprint density at radius 3 is 2.75 bits per heavy atom. The molecule has 0 bridgehead atoms. The van der Waals surface area contributed by atoms with Gasteiger partial charge in [0.2, 0.25) is 0 Å². The Bertz CT molecular complexity index is 385. The van der Waals surface area contributed by atoms with Crippen molar-refractivity contribution >= 4 is 15.9 Å². The van der Waals surface area contributed by atoms with Crippen molar-refractivity contribution in [2.75, 3.05) is 13.2 Å². The predicted octanol–water partition coefficient (Wildman–Crippen LogP) is 3.12. The highest BCUT2D eigenvalue weighted by Gasteiger charge is 2.03. The standard InChI is InChI=1S/C12H14BrNO2/c1-9(2)15-5-6-16-12-4-3-11(13)7-10(12)8-14/h3-4,7,9H,5-6H2,1-2H3. The molecule has 16 heavy (non-hydrogen) atoms. The van der Waals surface area contributed by atoms with E-state index in [0.717, 1.165) is 4.47 Å². The molecule has 0 saturated heterocycles. The largest absolute Gasteiger partial charge is 0.490 e. The van der Waals surface area contributed by atoms with Crippen molar-refractivity contribution in [3.63, 3.8) is 0 Å². The average molecular weight is 284 g/mol. The second-order valence-corrected chi connectivity index (χ2v) is 4.44. The first-order chi connectivity index (χ1) is 7.63. The van der Waals surface area contributed by atoms with Crippen LogP contribution in [0.25, 0.3) is 0 Å². The molecule has 0 aliphatic carbocycles. The number of hydrogen-bond donors (Lipinski definition) is 0. The zero-order valence-corrected chi connectivity index (χ0v) is 11.0. The zero-order chi connectivity index (χ0) is 12.0. The van der Waals surface area contributed by atoms with Crippen LogP contribution in [-0.4, -0.2) is 19.3 Å². The monoisotopic (exact) mass is 283 g/mol. The molecule has 0 radical (unpaired) electrons. The molecule has 1 rings (SSSR count). The van der Waals surface area contributed by atoms with E-state index >= 15 is 0 Å². The van der Waals surface area contributed by atoms with Crippen molar-refractivity contribution in [3.05, 3.63) is 28.2 Å². The van der Waals surface area contributed by atoms with Crippen LogP contribution in [-0.2, 0) is 4.74 Å². The van der Waals surface area contributed by atoms with Crippen LogP contribution in [0, 0.1) is 11.3 Å². The molecule has 4 heteroatoms. The molecule has 0 aromatic heterocycles. The Balaban J connectivity index is 2.51. The summed E-state index contributed by atoms with van der Waals surface area (Å²) in [5.74, 6) is 0.595. The third-order valence-electron chi connectivity index (χ3n) is 1.85. The molecule has 0 heterocycles. The van der Waals surface area contributed by atoms with E-state index in [0.29, 0.717) is 24.5 Å². The molecular formula is C12H14BrNO2. The fourth-order valence-corrected chi connectivity index (χ4v) is 1.51. The SMILES string of the molecule is CC(C)OCCOc1ccc(Br)cc1C#N. The first-order valence-corrected chi connectivity index (χ1v) is 5.87. The molecular weight excluding hydrogens is 270 g/mol. The number of ether oxygens (including phenoxy) is 2. The Kier molecular flexibility index (Phi) is 5.30. The number of nitriles is 1. The van der Waals surface area contributed by atoms with E-state index in [1.165, 1.54) is 0 Å². The normalized spacial score (nSPS) is 10.2. The molecule has 0 spiro atoms. The lowest BCUT2D eigenvalue weighted by Crippen LogP contribution is -2.11. The van der Waals surface area contributed by atoms with Gasteiger partial charge in [0.15, 0.2) is 0 Å². The van der Waals surface area contributed by atoms with E-state index in [2.05, 4.69) is 22.0 Å². The quantitative estimate of drug-likeness (QED) is 0.780. The van der Waals surface area contributed by atoms with Gasteiger partial charge in [-0.2, -0.15) is 5.26 Å². The van der Waals surface area contributed by atoms with Gasteiger partial charge in [0, 0.05) is 4.47 Å². The van der Waals surface area contributed by atoms with Crippen molar-refractivity contribution in [2.45, 2.75) is 20.0 Å². The molecule has 0 N–H and O–H groups in total. The van der Waals surface area contributed by atoms with Crippen LogP contribution in [0.4, 0.5) is 0 Å². The van der Waals surface area contributed by atoms with Crippen LogP contribution in [0.15, 0.2) is 22.7 Å². The maximum Gasteiger partial charge on any atom is 0.137 e. The molecule has 0 fully saturated rings. The summed E-state index contributed by atoms with van der Waals surface area (Å²) < 4.78 is 11.7. The van der Waals surface area contributed by atoms with Crippen LogP contribution >= 0.6 is 15.9 Å². The van der Waals surface area contributed by atoms with Gasteiger partial charge >= 0.3 is 0 Å². The topological polar surface area (TPSA) is 42.2 Å². The van der Waals surface area contributed by atoms with Crippen LogP contribution in [0.5, 0.6) is 5.75 Å². The number of benzene rings is 1. The summed E-state index contributed by atoms with van der Waals surface area (Å²) in [6, 6.07) is 7.45. The number of rotatable bonds is 5. The van der Waals surface area contributed by atoms with Crippen molar-refractivity contribution in [2.24, 2.45) is 0 Å². The molecule has 0 saturated carbocycles. The smallest absolute Gasteiger partial charge is 0.137 e. The average Bonchev–Trinajstić information content (AvgIpc) is 2.25. The summed E-state index contributed by atoms with van der Waals surface area (Å²) in [7, 11) is 0. The molecule has 0 aliphatic rings. The highest BCUT2D eigenvalue weighted by molar-refractivity contribution is 9.10. The van der Waals surface area contributed by atoms with E-state index in [4.69, 9.17) is 14.7 Å². The lowest BCUT2D eigenvalue weighted by atomic mass is 10.2. The van der Waals surface area contributed by atoms with E-state index in [1.54, 1.807) is 12.1 Å². The van der Waals surface area contributed by atoms with Crippen LogP contribution in [0.3, 0.4) is 0 Å². The molecule has 0 atom stereocenters. The van der Waals surface area contributed by atoms with Gasteiger partial charge in [0.05, 0.1) is 18.3 Å². The van der Waals surface area contributed by atoms with E-state index in [-0.39, 0.29) is 6.10 Å². The molecule has 1 aromatic carbocycles. The second kappa shape index (κ2) is 6.51. The fourth-order valence-electron chi connectivity index (χ4n) is 1.15. The van der Waals surface area contributed by atoms with Gasteiger partial charge in [-0.05, 0) is 32.0 Å². The predicted molar refractivity (Wildman–Crippen MR) is 65.4 cm³/mol. The van der Waals surface area contributed by atoms with Gasteiger partial charge in [-0.1, -0.05) is 15.9 Å². The Labute approximate surface area is 104 Å². The Morgan fingerprint density at radius 2 is 2.12 bits per heavy atom. The van der Waals surface area contributed by atoms with Crippen molar-refractivity contribution in [1.29, 1.82) is 5.26 Å². The zero-order valence-electron chi connectivity index (χ0n) is 9.37. The maximum atomic E-state index is 8.91. The van der Waals surface area contributed by atoms with Crippen LogP contribution in [0.2, 0.25) is 0 Å². The van der Waals surface area contributed by atoms with Gasteiger partial charge in [-0.25, -0.2) is 0 Å². The molecule has 0 amide bonds. The lowest BCUT2D eigenvalue weighted by molar-refractivity contribution is 0.0552. The maximum absolute atomic E-state index is 8.91. The number of halogens is 1. The highest BCUT2D eigenvalue weighted by Crippen LogP contribution is 2.22. The molecule has 3 nitrogen and oxygen atoms in total. The van der Waals surface area contributed by atoms with Gasteiger partial charge in [0.25, 0.3) is 0 Å². The summed E-state index contributed by atoms with van der Waals surface area (Å²) in [4.78, 5) is 0. The van der Waals surface area contributed by atoms with Gasteiger partial charge in [-0.15, -0.1) is 0 Å². The van der Waals surface area contributed by atoms with Gasteiger partial charge < -0.3 is 9.47 Å². The van der Waals surface area contributed by atoms with Crippen LogP contribution in [0.1, 0.15) is 19.4 Å². The van der Waals surface area contributed by atoms with E-state index in [9.17, 15) is 0 Å². The summed E-state index contributed by atoms with van der Waals surface area (Å²) in [5, 5.41) is 8.91. The lowest BCUT2D eigenvalue weighted by Gasteiger charge is -2.10. The highest BCUT2D eigenvalue weighted by atomic mass is 79.9. The van der Waals surface area contributed by atoms with Crippen molar-refractivity contribution in [3.8, 4) is 11.8 Å². The second-order valence-electron chi connectivity index (χ2n) is 3.52. The van der Waals surface area contributed by atoms with Crippen molar-refractivity contribution in [1.82, 2.24) is 0 Å². The molecule has 1 aromatic rings. The Hall–Kier alpha value is -1.05. The van der Waals surface area contributed by atoms with Crippen molar-refractivity contribution < 1.29 is 9.47 Å². The summed E-state index contributed by atoms with van der Waals surface area (Å²) >= 11 is 3.31. The summed E-state index contributed by atoms with van der Waals surface area (Å²) in [6.07, 6.45) is 0.198. The minimum absolute atomic E-state index is 0.198. The molecule has 0 unspecified atom stereocenters.